The lowest BCUT2D eigenvalue weighted by molar-refractivity contribution is -0.118. The lowest BCUT2D eigenvalue weighted by atomic mass is 10.2. The van der Waals surface area contributed by atoms with Gasteiger partial charge in [-0.15, -0.1) is 0 Å². The van der Waals surface area contributed by atoms with Crippen molar-refractivity contribution < 1.29 is 9.53 Å². The molecule has 4 nitrogen and oxygen atoms in total. The minimum absolute atomic E-state index is 0.00854. The smallest absolute Gasteiger partial charge is 0.230 e. The van der Waals surface area contributed by atoms with Crippen molar-refractivity contribution in [2.75, 3.05) is 12.9 Å². The highest BCUT2D eigenvalue weighted by Crippen LogP contribution is 2.19. The Morgan fingerprint density at radius 1 is 1.08 bits per heavy atom. The van der Waals surface area contributed by atoms with Gasteiger partial charge in [0.2, 0.25) is 5.91 Å². The zero-order valence-electron chi connectivity index (χ0n) is 13.4. The van der Waals surface area contributed by atoms with Crippen molar-refractivity contribution in [1.82, 2.24) is 10.3 Å². The van der Waals surface area contributed by atoms with Crippen molar-refractivity contribution in [3.8, 4) is 5.75 Å². The van der Waals surface area contributed by atoms with Gasteiger partial charge >= 0.3 is 0 Å². The molecule has 1 aromatic heterocycles. The number of para-hydroxylation sites is 1. The number of nitrogens with zero attached hydrogens (tertiary/aromatic N) is 1. The number of rotatable bonds is 6. The van der Waals surface area contributed by atoms with Crippen LogP contribution in [0.15, 0.2) is 65.7 Å². The molecule has 0 aliphatic rings. The number of ether oxygens (including phenoxy) is 1. The highest BCUT2D eigenvalue weighted by atomic mass is 32.2. The first-order chi connectivity index (χ1) is 11.7. The molecule has 0 unspecified atom stereocenters. The minimum Gasteiger partial charge on any atom is -0.497 e. The van der Waals surface area contributed by atoms with Crippen molar-refractivity contribution in [3.63, 3.8) is 0 Å². The Hall–Kier alpha value is -2.53. The molecular formula is C19H18N2O2S. The molecule has 0 spiro atoms. The van der Waals surface area contributed by atoms with Gasteiger partial charge in [-0.25, -0.2) is 4.98 Å². The van der Waals surface area contributed by atoms with Crippen LogP contribution in [0.4, 0.5) is 0 Å². The third-order valence-electron chi connectivity index (χ3n) is 3.57. The quantitative estimate of drug-likeness (QED) is 0.697. The van der Waals surface area contributed by atoms with E-state index in [0.29, 0.717) is 12.3 Å². The number of methoxy groups -OCH3 is 1. The van der Waals surface area contributed by atoms with Gasteiger partial charge in [0.15, 0.2) is 0 Å². The molecule has 0 aliphatic heterocycles. The second kappa shape index (κ2) is 7.84. The molecule has 1 heterocycles. The summed E-state index contributed by atoms with van der Waals surface area (Å²) in [5, 5.41) is 4.87. The summed E-state index contributed by atoms with van der Waals surface area (Å²) in [4.78, 5) is 16.5. The van der Waals surface area contributed by atoms with E-state index in [9.17, 15) is 4.79 Å². The summed E-state index contributed by atoms with van der Waals surface area (Å²) in [6, 6.07) is 19.6. The fraction of sp³-hybridized carbons (Fsp3) is 0.158. The molecule has 2 aromatic carbocycles. The monoisotopic (exact) mass is 338 g/mol. The van der Waals surface area contributed by atoms with E-state index in [1.54, 1.807) is 7.11 Å². The first kappa shape index (κ1) is 16.3. The molecule has 3 aromatic rings. The van der Waals surface area contributed by atoms with Gasteiger partial charge in [-0.1, -0.05) is 48.2 Å². The van der Waals surface area contributed by atoms with Gasteiger partial charge in [0.05, 0.1) is 23.4 Å². The Morgan fingerprint density at radius 2 is 1.88 bits per heavy atom. The lowest BCUT2D eigenvalue weighted by Gasteiger charge is -2.06. The van der Waals surface area contributed by atoms with Crippen molar-refractivity contribution in [2.24, 2.45) is 0 Å². The Morgan fingerprint density at radius 3 is 2.67 bits per heavy atom. The first-order valence-corrected chi connectivity index (χ1v) is 8.61. The molecular weight excluding hydrogens is 320 g/mol. The molecule has 1 amide bonds. The van der Waals surface area contributed by atoms with E-state index < -0.39 is 0 Å². The molecule has 0 aliphatic carbocycles. The fourth-order valence-corrected chi connectivity index (χ4v) is 2.97. The Kier molecular flexibility index (Phi) is 5.33. The van der Waals surface area contributed by atoms with Gasteiger partial charge in [-0.2, -0.15) is 0 Å². The lowest BCUT2D eigenvalue weighted by Crippen LogP contribution is -2.24. The molecule has 0 radical (unpaired) electrons. The average molecular weight is 338 g/mol. The number of carbonyl (C=O) groups is 1. The van der Waals surface area contributed by atoms with Crippen LogP contribution in [0.3, 0.4) is 0 Å². The molecule has 0 fully saturated rings. The largest absolute Gasteiger partial charge is 0.497 e. The summed E-state index contributed by atoms with van der Waals surface area (Å²) < 4.78 is 5.12. The third kappa shape index (κ3) is 4.26. The van der Waals surface area contributed by atoms with E-state index in [1.165, 1.54) is 11.8 Å². The first-order valence-electron chi connectivity index (χ1n) is 7.63. The predicted molar refractivity (Wildman–Crippen MR) is 97.3 cm³/mol. The standard InChI is InChI=1S/C19H18N2O2S/c1-23-16-9-6-14(7-10-16)12-20-18(22)13-24-19-11-8-15-4-2-3-5-17(15)21-19/h2-11H,12-13H2,1H3,(H,20,22). The molecule has 0 saturated carbocycles. The zero-order chi connectivity index (χ0) is 16.8. The number of fused-ring (bicyclic) bond motifs is 1. The van der Waals surface area contributed by atoms with Crippen LogP contribution < -0.4 is 10.1 Å². The predicted octanol–water partition coefficient (Wildman–Crippen LogP) is 3.65. The molecule has 24 heavy (non-hydrogen) atoms. The molecule has 5 heteroatoms. The van der Waals surface area contributed by atoms with Crippen LogP contribution in [0.25, 0.3) is 10.9 Å². The van der Waals surface area contributed by atoms with Crippen molar-refractivity contribution >= 4 is 28.6 Å². The molecule has 122 valence electrons. The van der Waals surface area contributed by atoms with E-state index in [0.717, 1.165) is 27.2 Å². The maximum absolute atomic E-state index is 12.0. The fourth-order valence-electron chi connectivity index (χ4n) is 2.26. The third-order valence-corrected chi connectivity index (χ3v) is 4.50. The number of hydrogen-bond acceptors (Lipinski definition) is 4. The molecule has 0 saturated heterocycles. The summed E-state index contributed by atoms with van der Waals surface area (Å²) in [5.74, 6) is 1.15. The second-order valence-corrected chi connectivity index (χ2v) is 6.25. The number of hydrogen-bond donors (Lipinski definition) is 1. The summed E-state index contributed by atoms with van der Waals surface area (Å²) in [6.45, 7) is 0.508. The Bertz CT molecular complexity index is 834. The van der Waals surface area contributed by atoms with Crippen LogP contribution in [0, 0.1) is 0 Å². The summed E-state index contributed by atoms with van der Waals surface area (Å²) in [6.07, 6.45) is 0. The normalized spacial score (nSPS) is 10.5. The highest BCUT2D eigenvalue weighted by Gasteiger charge is 2.05. The number of amides is 1. The van der Waals surface area contributed by atoms with Crippen molar-refractivity contribution in [2.45, 2.75) is 11.6 Å². The highest BCUT2D eigenvalue weighted by molar-refractivity contribution is 7.99. The van der Waals surface area contributed by atoms with E-state index >= 15 is 0 Å². The molecule has 0 bridgehead atoms. The van der Waals surface area contributed by atoms with Crippen LogP contribution >= 0.6 is 11.8 Å². The van der Waals surface area contributed by atoms with E-state index in [4.69, 9.17) is 4.74 Å². The second-order valence-electron chi connectivity index (χ2n) is 5.26. The van der Waals surface area contributed by atoms with Gasteiger partial charge in [-0.3, -0.25) is 4.79 Å². The summed E-state index contributed by atoms with van der Waals surface area (Å²) >= 11 is 1.44. The van der Waals surface area contributed by atoms with E-state index in [-0.39, 0.29) is 5.91 Å². The van der Waals surface area contributed by atoms with Crippen molar-refractivity contribution in [3.05, 3.63) is 66.2 Å². The number of pyridine rings is 1. The number of benzene rings is 2. The maximum Gasteiger partial charge on any atom is 0.230 e. The molecule has 3 rings (SSSR count). The van der Waals surface area contributed by atoms with E-state index in [2.05, 4.69) is 10.3 Å². The minimum atomic E-state index is -0.00854. The number of nitrogens with one attached hydrogen (secondary N) is 1. The van der Waals surface area contributed by atoms with Gasteiger partial charge in [0.1, 0.15) is 5.75 Å². The summed E-state index contributed by atoms with van der Waals surface area (Å²) in [7, 11) is 1.63. The topological polar surface area (TPSA) is 51.2 Å². The van der Waals surface area contributed by atoms with Crippen LogP contribution in [-0.4, -0.2) is 23.8 Å². The van der Waals surface area contributed by atoms with Crippen LogP contribution in [-0.2, 0) is 11.3 Å². The zero-order valence-corrected chi connectivity index (χ0v) is 14.2. The van der Waals surface area contributed by atoms with Gasteiger partial charge in [0, 0.05) is 11.9 Å². The maximum atomic E-state index is 12.0. The number of carbonyl (C=O) groups excluding carboxylic acids is 1. The molecule has 1 N–H and O–H groups in total. The van der Waals surface area contributed by atoms with Gasteiger partial charge < -0.3 is 10.1 Å². The SMILES string of the molecule is COc1ccc(CNC(=O)CSc2ccc3ccccc3n2)cc1. The van der Waals surface area contributed by atoms with Crippen LogP contribution in [0.1, 0.15) is 5.56 Å². The number of thioether (sulfide) groups is 1. The summed E-state index contributed by atoms with van der Waals surface area (Å²) in [5.41, 5.74) is 1.99. The van der Waals surface area contributed by atoms with Gasteiger partial charge in [0.25, 0.3) is 0 Å². The van der Waals surface area contributed by atoms with Crippen molar-refractivity contribution in [1.29, 1.82) is 0 Å². The van der Waals surface area contributed by atoms with Crippen LogP contribution in [0.2, 0.25) is 0 Å². The van der Waals surface area contributed by atoms with E-state index in [1.807, 2.05) is 60.7 Å². The average Bonchev–Trinajstić information content (AvgIpc) is 2.65. The van der Waals surface area contributed by atoms with Crippen LogP contribution in [0.5, 0.6) is 5.75 Å². The van der Waals surface area contributed by atoms with Gasteiger partial charge in [-0.05, 0) is 29.8 Å². The molecule has 0 atom stereocenters. The number of aromatic nitrogens is 1. The Labute approximate surface area is 145 Å². The Balaban J connectivity index is 1.50.